The molecule has 0 atom stereocenters. The van der Waals surface area contributed by atoms with Gasteiger partial charge in [0.2, 0.25) is 0 Å². The van der Waals surface area contributed by atoms with E-state index in [9.17, 15) is 12.8 Å². The Kier molecular flexibility index (Phi) is 4.04. The molecule has 3 N–H and O–H groups in total. The summed E-state index contributed by atoms with van der Waals surface area (Å²) in [5.74, 6) is -0.626. The van der Waals surface area contributed by atoms with Gasteiger partial charge in [-0.25, -0.2) is 17.8 Å². The van der Waals surface area contributed by atoms with E-state index >= 15 is 0 Å². The highest BCUT2D eigenvalue weighted by atomic mass is 32.2. The standard InChI is InChI=1S/C11H17FN4O2S/c1-15-4-6-16(7-5-15)14-19(17,18)9-2-3-10(12)11(13)8-9/h2-3,8,14H,4-7,13H2,1H3. The Morgan fingerprint density at radius 3 is 2.47 bits per heavy atom. The number of halogens is 1. The van der Waals surface area contributed by atoms with E-state index in [1.807, 2.05) is 7.05 Å². The molecule has 1 heterocycles. The number of nitrogen functional groups attached to an aromatic ring is 1. The summed E-state index contributed by atoms with van der Waals surface area (Å²) in [6, 6.07) is 3.37. The number of hydrazine groups is 1. The number of likely N-dealkylation sites (N-methyl/N-ethyl adjacent to an activating group) is 1. The van der Waals surface area contributed by atoms with Gasteiger partial charge in [-0.05, 0) is 25.2 Å². The highest BCUT2D eigenvalue weighted by Crippen LogP contribution is 2.16. The smallest absolute Gasteiger partial charge is 0.253 e. The molecule has 0 aliphatic carbocycles. The summed E-state index contributed by atoms with van der Waals surface area (Å²) in [6.07, 6.45) is 0. The number of rotatable bonds is 3. The van der Waals surface area contributed by atoms with Gasteiger partial charge in [-0.15, -0.1) is 4.83 Å². The molecule has 19 heavy (non-hydrogen) atoms. The highest BCUT2D eigenvalue weighted by Gasteiger charge is 2.21. The zero-order valence-corrected chi connectivity index (χ0v) is 11.5. The van der Waals surface area contributed by atoms with E-state index in [-0.39, 0.29) is 10.6 Å². The maximum absolute atomic E-state index is 13.0. The van der Waals surface area contributed by atoms with Gasteiger partial charge >= 0.3 is 0 Å². The molecule has 6 nitrogen and oxygen atoms in total. The van der Waals surface area contributed by atoms with Gasteiger partial charge in [-0.2, -0.15) is 0 Å². The Balaban J connectivity index is 2.11. The third-order valence-corrected chi connectivity index (χ3v) is 4.40. The normalized spacial score (nSPS) is 18.6. The molecule has 1 aliphatic heterocycles. The number of hydrogen-bond acceptors (Lipinski definition) is 5. The van der Waals surface area contributed by atoms with Crippen LogP contribution in [0.1, 0.15) is 0 Å². The van der Waals surface area contributed by atoms with Crippen molar-refractivity contribution in [3.05, 3.63) is 24.0 Å². The van der Waals surface area contributed by atoms with Crippen molar-refractivity contribution in [2.24, 2.45) is 0 Å². The Morgan fingerprint density at radius 1 is 1.26 bits per heavy atom. The van der Waals surface area contributed by atoms with Crippen molar-refractivity contribution in [1.82, 2.24) is 14.7 Å². The molecule has 0 radical (unpaired) electrons. The number of nitrogens with two attached hydrogens (primary N) is 1. The van der Waals surface area contributed by atoms with Crippen molar-refractivity contribution in [2.75, 3.05) is 39.0 Å². The predicted molar refractivity (Wildman–Crippen MR) is 70.2 cm³/mol. The third kappa shape index (κ3) is 3.41. The SMILES string of the molecule is CN1CCN(NS(=O)(=O)c2ccc(F)c(N)c2)CC1. The second-order valence-corrected chi connectivity index (χ2v) is 6.23. The van der Waals surface area contributed by atoms with Crippen LogP contribution in [0.2, 0.25) is 0 Å². The van der Waals surface area contributed by atoms with E-state index in [1.54, 1.807) is 5.01 Å². The van der Waals surface area contributed by atoms with E-state index < -0.39 is 15.8 Å². The first-order chi connectivity index (χ1) is 8.88. The minimum Gasteiger partial charge on any atom is -0.396 e. The molecule has 0 aromatic heterocycles. The number of benzene rings is 1. The lowest BCUT2D eigenvalue weighted by Crippen LogP contribution is -2.52. The van der Waals surface area contributed by atoms with Crippen LogP contribution in [-0.4, -0.2) is 51.6 Å². The molecule has 1 fully saturated rings. The van der Waals surface area contributed by atoms with E-state index in [2.05, 4.69) is 9.73 Å². The lowest BCUT2D eigenvalue weighted by Gasteiger charge is -2.32. The molecule has 1 aromatic carbocycles. The fourth-order valence-corrected chi connectivity index (χ4v) is 2.97. The molecule has 1 saturated heterocycles. The molecule has 106 valence electrons. The number of hydrogen-bond donors (Lipinski definition) is 2. The number of piperazine rings is 1. The van der Waals surface area contributed by atoms with Gasteiger partial charge in [-0.3, -0.25) is 0 Å². The molecule has 0 bridgehead atoms. The summed E-state index contributed by atoms with van der Waals surface area (Å²) in [4.78, 5) is 4.55. The molecule has 0 amide bonds. The number of nitrogens with one attached hydrogen (secondary N) is 1. The third-order valence-electron chi connectivity index (χ3n) is 3.03. The average Bonchev–Trinajstić information content (AvgIpc) is 2.35. The summed E-state index contributed by atoms with van der Waals surface area (Å²) in [5.41, 5.74) is 5.20. The maximum atomic E-state index is 13.0. The van der Waals surface area contributed by atoms with Gasteiger partial charge < -0.3 is 10.6 Å². The summed E-state index contributed by atoms with van der Waals surface area (Å²) in [6.45, 7) is 2.78. The van der Waals surface area contributed by atoms with Crippen LogP contribution in [-0.2, 0) is 10.0 Å². The summed E-state index contributed by atoms with van der Waals surface area (Å²) >= 11 is 0. The monoisotopic (exact) mass is 288 g/mol. The molecule has 0 spiro atoms. The summed E-state index contributed by atoms with van der Waals surface area (Å²) in [5, 5.41) is 1.63. The van der Waals surface area contributed by atoms with Crippen LogP contribution >= 0.6 is 0 Å². The van der Waals surface area contributed by atoms with E-state index in [0.29, 0.717) is 13.1 Å². The Labute approximate surface area is 112 Å². The quantitative estimate of drug-likeness (QED) is 0.756. The fourth-order valence-electron chi connectivity index (χ4n) is 1.81. The molecule has 8 heteroatoms. The van der Waals surface area contributed by atoms with Crippen LogP contribution in [0.3, 0.4) is 0 Å². The van der Waals surface area contributed by atoms with Crippen molar-refractivity contribution < 1.29 is 12.8 Å². The molecular weight excluding hydrogens is 271 g/mol. The molecule has 0 unspecified atom stereocenters. The topological polar surface area (TPSA) is 78.7 Å². The van der Waals surface area contributed by atoms with Crippen LogP contribution in [0.4, 0.5) is 10.1 Å². The zero-order chi connectivity index (χ0) is 14.0. The lowest BCUT2D eigenvalue weighted by atomic mass is 10.3. The molecule has 0 saturated carbocycles. The fraction of sp³-hybridized carbons (Fsp3) is 0.455. The second-order valence-electron chi connectivity index (χ2n) is 4.57. The zero-order valence-electron chi connectivity index (χ0n) is 10.6. The van der Waals surface area contributed by atoms with Crippen LogP contribution in [0.25, 0.3) is 0 Å². The number of nitrogens with zero attached hydrogens (tertiary/aromatic N) is 2. The van der Waals surface area contributed by atoms with Gasteiger partial charge in [0.15, 0.2) is 0 Å². The lowest BCUT2D eigenvalue weighted by molar-refractivity contribution is 0.135. The van der Waals surface area contributed by atoms with Crippen LogP contribution < -0.4 is 10.6 Å². The van der Waals surface area contributed by atoms with Gasteiger partial charge in [0.25, 0.3) is 10.0 Å². The second kappa shape index (κ2) is 5.41. The maximum Gasteiger partial charge on any atom is 0.253 e. The molecule has 1 aromatic rings. The first-order valence-electron chi connectivity index (χ1n) is 5.89. The number of anilines is 1. The Morgan fingerprint density at radius 2 is 1.89 bits per heavy atom. The molecule has 1 aliphatic rings. The summed E-state index contributed by atoms with van der Waals surface area (Å²) in [7, 11) is -1.73. The van der Waals surface area contributed by atoms with Crippen molar-refractivity contribution in [3.63, 3.8) is 0 Å². The van der Waals surface area contributed by atoms with Crippen molar-refractivity contribution in [3.8, 4) is 0 Å². The van der Waals surface area contributed by atoms with Gasteiger partial charge in [0.05, 0.1) is 10.6 Å². The largest absolute Gasteiger partial charge is 0.396 e. The molecular formula is C11H17FN4O2S. The van der Waals surface area contributed by atoms with Gasteiger partial charge in [-0.1, -0.05) is 0 Å². The highest BCUT2D eigenvalue weighted by molar-refractivity contribution is 7.89. The molecule has 2 rings (SSSR count). The van der Waals surface area contributed by atoms with Crippen LogP contribution in [0.5, 0.6) is 0 Å². The van der Waals surface area contributed by atoms with Crippen LogP contribution in [0.15, 0.2) is 23.1 Å². The minimum atomic E-state index is -3.71. The Hall–Kier alpha value is -1.22. The van der Waals surface area contributed by atoms with E-state index in [0.717, 1.165) is 25.2 Å². The van der Waals surface area contributed by atoms with E-state index in [4.69, 9.17) is 5.73 Å². The first-order valence-corrected chi connectivity index (χ1v) is 7.38. The minimum absolute atomic E-state index is 0.0367. The van der Waals surface area contributed by atoms with E-state index in [1.165, 1.54) is 6.07 Å². The summed E-state index contributed by atoms with van der Waals surface area (Å²) < 4.78 is 37.2. The van der Waals surface area contributed by atoms with Crippen LogP contribution in [0, 0.1) is 5.82 Å². The Bertz CT molecular complexity index is 556. The first kappa shape index (κ1) is 14.2. The average molecular weight is 288 g/mol. The van der Waals surface area contributed by atoms with Gasteiger partial charge in [0.1, 0.15) is 5.82 Å². The van der Waals surface area contributed by atoms with Gasteiger partial charge in [0, 0.05) is 26.2 Å². The van der Waals surface area contributed by atoms with Crippen molar-refractivity contribution in [1.29, 1.82) is 0 Å². The van der Waals surface area contributed by atoms with Crippen molar-refractivity contribution >= 4 is 15.7 Å². The predicted octanol–water partition coefficient (Wildman–Crippen LogP) is -0.151. The number of sulfonamides is 1. The van der Waals surface area contributed by atoms with Crippen molar-refractivity contribution in [2.45, 2.75) is 4.90 Å².